The molecular weight excluding hydrogens is 460 g/mol. The number of anilines is 1. The van der Waals surface area contributed by atoms with Crippen molar-refractivity contribution in [3.63, 3.8) is 0 Å². The zero-order valence-corrected chi connectivity index (χ0v) is 18.6. The first-order valence-electron chi connectivity index (χ1n) is 9.73. The van der Waals surface area contributed by atoms with Crippen molar-refractivity contribution in [3.05, 3.63) is 88.4 Å². The number of ether oxygens (including phenoxy) is 2. The molecule has 0 saturated carbocycles. The second-order valence-electron chi connectivity index (χ2n) is 6.75. The summed E-state index contributed by atoms with van der Waals surface area (Å²) in [5.74, 6) is 0.176. The summed E-state index contributed by atoms with van der Waals surface area (Å²) in [6.07, 6.45) is 0.621. The molecule has 3 rings (SSSR count). The van der Waals surface area contributed by atoms with Gasteiger partial charge in [0.05, 0.1) is 7.11 Å². The van der Waals surface area contributed by atoms with E-state index in [-0.39, 0.29) is 0 Å². The first kappa shape index (κ1) is 22.4. The van der Waals surface area contributed by atoms with E-state index < -0.39 is 11.8 Å². The number of hydrogen-bond acceptors (Lipinski definition) is 4. The predicted octanol–water partition coefficient (Wildman–Crippen LogP) is 4.33. The molecule has 0 fully saturated rings. The van der Waals surface area contributed by atoms with Gasteiger partial charge in [-0.05, 0) is 66.1 Å². The maximum absolute atomic E-state index is 12.1. The van der Waals surface area contributed by atoms with E-state index in [1.54, 1.807) is 19.2 Å². The number of hydrogen-bond donors (Lipinski definition) is 2. The summed E-state index contributed by atoms with van der Waals surface area (Å²) in [6.45, 7) is 0.770. The van der Waals surface area contributed by atoms with E-state index >= 15 is 0 Å². The SMILES string of the molecule is COc1ccc(CCNC(=O)C(=O)Nc2ccc(COc3ccc(Br)cc3)cc2)cc1. The van der Waals surface area contributed by atoms with Gasteiger partial charge in [0, 0.05) is 16.7 Å². The lowest BCUT2D eigenvalue weighted by Crippen LogP contribution is -2.36. The van der Waals surface area contributed by atoms with Crippen LogP contribution in [0.1, 0.15) is 11.1 Å². The highest BCUT2D eigenvalue weighted by molar-refractivity contribution is 9.10. The number of amides is 2. The Kier molecular flexibility index (Phi) is 8.06. The topological polar surface area (TPSA) is 76.7 Å². The van der Waals surface area contributed by atoms with Gasteiger partial charge in [-0.3, -0.25) is 9.59 Å². The van der Waals surface area contributed by atoms with E-state index in [0.717, 1.165) is 27.1 Å². The summed E-state index contributed by atoms with van der Waals surface area (Å²) in [5.41, 5.74) is 2.54. The van der Waals surface area contributed by atoms with Crippen LogP contribution in [0.5, 0.6) is 11.5 Å². The molecule has 3 aromatic rings. The molecule has 0 bridgehead atoms. The first-order chi connectivity index (χ1) is 15.0. The minimum atomic E-state index is -0.700. The minimum Gasteiger partial charge on any atom is -0.497 e. The monoisotopic (exact) mass is 482 g/mol. The quantitative estimate of drug-likeness (QED) is 0.468. The van der Waals surface area contributed by atoms with Gasteiger partial charge in [-0.15, -0.1) is 0 Å². The fraction of sp³-hybridized carbons (Fsp3) is 0.167. The Hall–Kier alpha value is -3.32. The summed E-state index contributed by atoms with van der Waals surface area (Å²) in [7, 11) is 1.61. The van der Waals surface area contributed by atoms with Gasteiger partial charge in [-0.25, -0.2) is 0 Å². The smallest absolute Gasteiger partial charge is 0.313 e. The molecule has 0 aromatic heterocycles. The lowest BCUT2D eigenvalue weighted by Gasteiger charge is -2.09. The lowest BCUT2D eigenvalue weighted by molar-refractivity contribution is -0.136. The summed E-state index contributed by atoms with van der Waals surface area (Å²) >= 11 is 3.39. The van der Waals surface area contributed by atoms with Crippen molar-refractivity contribution in [3.8, 4) is 11.5 Å². The van der Waals surface area contributed by atoms with Crippen molar-refractivity contribution < 1.29 is 19.1 Å². The fourth-order valence-corrected chi connectivity index (χ4v) is 3.03. The van der Waals surface area contributed by atoms with Crippen molar-refractivity contribution in [2.45, 2.75) is 13.0 Å². The molecule has 6 nitrogen and oxygen atoms in total. The Morgan fingerprint density at radius 1 is 0.806 bits per heavy atom. The summed E-state index contributed by atoms with van der Waals surface area (Å²) in [6, 6.07) is 22.3. The van der Waals surface area contributed by atoms with Crippen LogP contribution >= 0.6 is 15.9 Å². The molecular formula is C24H23BrN2O4. The van der Waals surface area contributed by atoms with Crippen LogP contribution in [0.15, 0.2) is 77.3 Å². The molecule has 0 aliphatic carbocycles. The van der Waals surface area contributed by atoms with Crippen molar-refractivity contribution in [1.29, 1.82) is 0 Å². The van der Waals surface area contributed by atoms with Gasteiger partial charge in [0.25, 0.3) is 0 Å². The van der Waals surface area contributed by atoms with Gasteiger partial charge in [-0.1, -0.05) is 40.2 Å². The third kappa shape index (κ3) is 7.15. The van der Waals surface area contributed by atoms with E-state index in [1.165, 1.54) is 0 Å². The molecule has 0 unspecified atom stereocenters. The van der Waals surface area contributed by atoms with Gasteiger partial charge in [0.15, 0.2) is 0 Å². The molecule has 3 aromatic carbocycles. The van der Waals surface area contributed by atoms with E-state index in [9.17, 15) is 9.59 Å². The first-order valence-corrected chi connectivity index (χ1v) is 10.5. The number of carbonyl (C=O) groups is 2. The van der Waals surface area contributed by atoms with Crippen LogP contribution in [0.4, 0.5) is 5.69 Å². The van der Waals surface area contributed by atoms with E-state index in [1.807, 2.05) is 60.7 Å². The van der Waals surface area contributed by atoms with E-state index in [0.29, 0.717) is 25.3 Å². The highest BCUT2D eigenvalue weighted by Crippen LogP contribution is 2.18. The second-order valence-corrected chi connectivity index (χ2v) is 7.66. The molecule has 2 amide bonds. The second kappa shape index (κ2) is 11.2. The Labute approximate surface area is 189 Å². The molecule has 0 heterocycles. The summed E-state index contributed by atoms with van der Waals surface area (Å²) in [5, 5.41) is 5.23. The predicted molar refractivity (Wildman–Crippen MR) is 123 cm³/mol. The zero-order valence-electron chi connectivity index (χ0n) is 17.1. The number of methoxy groups -OCH3 is 1. The Bertz CT molecular complexity index is 1000. The highest BCUT2D eigenvalue weighted by Gasteiger charge is 2.13. The number of carbonyl (C=O) groups excluding carboxylic acids is 2. The largest absolute Gasteiger partial charge is 0.497 e. The average Bonchev–Trinajstić information content (AvgIpc) is 2.80. The average molecular weight is 483 g/mol. The van der Waals surface area contributed by atoms with E-state index in [4.69, 9.17) is 9.47 Å². The van der Waals surface area contributed by atoms with Crippen LogP contribution in [-0.2, 0) is 22.6 Å². The maximum atomic E-state index is 12.1. The number of nitrogens with one attached hydrogen (secondary N) is 2. The molecule has 31 heavy (non-hydrogen) atoms. The van der Waals surface area contributed by atoms with Crippen molar-refractivity contribution >= 4 is 33.4 Å². The zero-order chi connectivity index (χ0) is 22.1. The summed E-state index contributed by atoms with van der Waals surface area (Å²) in [4.78, 5) is 24.1. The Balaban J connectivity index is 1.41. The van der Waals surface area contributed by atoms with Crippen molar-refractivity contribution in [1.82, 2.24) is 5.32 Å². The standard InChI is InChI=1S/C24H23BrN2O4/c1-30-21-10-4-17(5-11-21)14-15-26-23(28)24(29)27-20-8-2-18(3-9-20)16-31-22-12-6-19(25)7-13-22/h2-13H,14-16H2,1H3,(H,26,28)(H,27,29). The van der Waals surface area contributed by atoms with Gasteiger partial charge in [0.1, 0.15) is 18.1 Å². The number of rotatable bonds is 8. The molecule has 0 saturated heterocycles. The van der Waals surface area contributed by atoms with Crippen LogP contribution in [0.25, 0.3) is 0 Å². The fourth-order valence-electron chi connectivity index (χ4n) is 2.76. The Morgan fingerprint density at radius 2 is 1.42 bits per heavy atom. The number of benzene rings is 3. The van der Waals surface area contributed by atoms with Gasteiger partial charge < -0.3 is 20.1 Å². The lowest BCUT2D eigenvalue weighted by atomic mass is 10.1. The molecule has 0 radical (unpaired) electrons. The summed E-state index contributed by atoms with van der Waals surface area (Å²) < 4.78 is 11.8. The third-order valence-corrected chi connectivity index (χ3v) is 5.02. The van der Waals surface area contributed by atoms with E-state index in [2.05, 4.69) is 26.6 Å². The number of halogens is 1. The van der Waals surface area contributed by atoms with Gasteiger partial charge in [-0.2, -0.15) is 0 Å². The van der Waals surface area contributed by atoms with Crippen LogP contribution in [-0.4, -0.2) is 25.5 Å². The van der Waals surface area contributed by atoms with Crippen LogP contribution in [0.3, 0.4) is 0 Å². The van der Waals surface area contributed by atoms with Gasteiger partial charge in [0.2, 0.25) is 0 Å². The van der Waals surface area contributed by atoms with Crippen LogP contribution in [0.2, 0.25) is 0 Å². The molecule has 7 heteroatoms. The maximum Gasteiger partial charge on any atom is 0.313 e. The van der Waals surface area contributed by atoms with Crippen molar-refractivity contribution in [2.75, 3.05) is 19.0 Å². The molecule has 0 atom stereocenters. The molecule has 0 aliphatic rings. The van der Waals surface area contributed by atoms with Crippen LogP contribution < -0.4 is 20.1 Å². The molecule has 160 valence electrons. The molecule has 0 aliphatic heterocycles. The van der Waals surface area contributed by atoms with Crippen LogP contribution in [0, 0.1) is 0 Å². The Morgan fingerprint density at radius 3 is 2.06 bits per heavy atom. The minimum absolute atomic E-state index is 0.366. The third-order valence-electron chi connectivity index (χ3n) is 4.50. The normalized spacial score (nSPS) is 10.3. The van der Waals surface area contributed by atoms with Crippen molar-refractivity contribution in [2.24, 2.45) is 0 Å². The molecule has 0 spiro atoms. The molecule has 2 N–H and O–H groups in total. The highest BCUT2D eigenvalue weighted by atomic mass is 79.9. The van der Waals surface area contributed by atoms with Gasteiger partial charge >= 0.3 is 11.8 Å².